The first-order valence-electron chi connectivity index (χ1n) is 7.17. The first-order valence-corrected chi connectivity index (χ1v) is 7.17. The number of ketones is 1. The molecule has 0 unspecified atom stereocenters. The van der Waals surface area contributed by atoms with Crippen LogP contribution in [-0.2, 0) is 6.54 Å². The molecule has 0 aromatic carbocycles. The average molecular weight is 263 g/mol. The predicted octanol–water partition coefficient (Wildman–Crippen LogP) is 1.57. The van der Waals surface area contributed by atoms with Gasteiger partial charge in [0.1, 0.15) is 0 Å². The fourth-order valence-corrected chi connectivity index (χ4v) is 2.39. The second-order valence-corrected chi connectivity index (χ2v) is 5.80. The molecule has 0 spiro atoms. The zero-order valence-corrected chi connectivity index (χ0v) is 12.3. The first kappa shape index (κ1) is 14.3. The molecule has 1 aromatic heterocycles. The lowest BCUT2D eigenvalue weighted by molar-refractivity contribution is 0.0939. The molecule has 0 aliphatic carbocycles. The number of Topliss-reactive ketones (excluding diaryl/α,β-unsaturated/α-hetero) is 1. The monoisotopic (exact) mass is 263 g/mol. The largest absolute Gasteiger partial charge is 0.352 e. The van der Waals surface area contributed by atoms with Crippen LogP contribution in [0.2, 0.25) is 0 Å². The maximum atomic E-state index is 11.9. The summed E-state index contributed by atoms with van der Waals surface area (Å²) in [5, 5.41) is 0. The molecule has 1 fully saturated rings. The molecule has 1 aromatic rings. The summed E-state index contributed by atoms with van der Waals surface area (Å²) < 4.78 is 2.13. The quantitative estimate of drug-likeness (QED) is 0.755. The summed E-state index contributed by atoms with van der Waals surface area (Å²) in [5.41, 5.74) is 0.841. The van der Waals surface area contributed by atoms with Crippen molar-refractivity contribution in [2.24, 2.45) is 5.92 Å². The summed E-state index contributed by atoms with van der Waals surface area (Å²) >= 11 is 0. The van der Waals surface area contributed by atoms with Gasteiger partial charge >= 0.3 is 0 Å². The van der Waals surface area contributed by atoms with E-state index in [4.69, 9.17) is 0 Å². The van der Waals surface area contributed by atoms with E-state index in [1.54, 1.807) is 0 Å². The van der Waals surface area contributed by atoms with Gasteiger partial charge in [0.05, 0.1) is 0 Å². The number of hydrogen-bond donors (Lipinski definition) is 0. The Morgan fingerprint density at radius 3 is 2.53 bits per heavy atom. The van der Waals surface area contributed by atoms with Gasteiger partial charge in [0.2, 0.25) is 0 Å². The van der Waals surface area contributed by atoms with Gasteiger partial charge in [0.25, 0.3) is 0 Å². The highest BCUT2D eigenvalue weighted by molar-refractivity contribution is 5.97. The molecule has 0 saturated carbocycles. The lowest BCUT2D eigenvalue weighted by Crippen LogP contribution is -2.45. The maximum absolute atomic E-state index is 11.9. The van der Waals surface area contributed by atoms with E-state index < -0.39 is 0 Å². The summed E-state index contributed by atoms with van der Waals surface area (Å²) in [6.07, 6.45) is 4.00. The number of likely N-dealkylation sites (N-methyl/N-ethyl adjacent to an activating group) is 1. The molecule has 0 N–H and O–H groups in total. The molecule has 0 radical (unpaired) electrons. The summed E-state index contributed by atoms with van der Waals surface area (Å²) in [4.78, 5) is 16.7. The lowest BCUT2D eigenvalue weighted by atomic mass is 10.0. The number of carbonyl (C=O) groups is 1. The third-order valence-corrected chi connectivity index (χ3v) is 3.83. The molecular formula is C15H25N3O. The summed E-state index contributed by atoms with van der Waals surface area (Å²) in [5.74, 6) is 0.312. The van der Waals surface area contributed by atoms with E-state index in [0.717, 1.165) is 44.8 Å². The van der Waals surface area contributed by atoms with Crippen molar-refractivity contribution in [3.05, 3.63) is 24.0 Å². The van der Waals surface area contributed by atoms with E-state index in [1.807, 2.05) is 32.3 Å². The fraction of sp³-hybridized carbons (Fsp3) is 0.667. The second kappa shape index (κ2) is 6.35. The predicted molar refractivity (Wildman–Crippen MR) is 77.5 cm³/mol. The Labute approximate surface area is 116 Å². The Hall–Kier alpha value is -1.13. The molecule has 1 saturated heterocycles. The molecule has 4 heteroatoms. The highest BCUT2D eigenvalue weighted by Crippen LogP contribution is 2.09. The molecule has 1 aliphatic heterocycles. The van der Waals surface area contributed by atoms with Crippen LogP contribution in [0.15, 0.2) is 18.5 Å². The lowest BCUT2D eigenvalue weighted by Gasteiger charge is -2.32. The third-order valence-electron chi connectivity index (χ3n) is 3.83. The van der Waals surface area contributed by atoms with E-state index in [-0.39, 0.29) is 11.7 Å². The number of hydrogen-bond acceptors (Lipinski definition) is 3. The van der Waals surface area contributed by atoms with Crippen LogP contribution in [0.3, 0.4) is 0 Å². The minimum absolute atomic E-state index is 0.0773. The summed E-state index contributed by atoms with van der Waals surface area (Å²) in [6, 6.07) is 1.94. The Morgan fingerprint density at radius 1 is 1.21 bits per heavy atom. The Bertz CT molecular complexity index is 417. The molecule has 2 heterocycles. The maximum Gasteiger partial charge on any atom is 0.166 e. The van der Waals surface area contributed by atoms with Crippen molar-refractivity contribution in [2.75, 3.05) is 39.8 Å². The fourth-order valence-electron chi connectivity index (χ4n) is 2.39. The molecule has 0 atom stereocenters. The van der Waals surface area contributed by atoms with Gasteiger partial charge in [-0.3, -0.25) is 9.69 Å². The third kappa shape index (κ3) is 3.91. The van der Waals surface area contributed by atoms with E-state index in [2.05, 4.69) is 21.4 Å². The van der Waals surface area contributed by atoms with E-state index in [0.29, 0.717) is 0 Å². The molecule has 0 bridgehead atoms. The number of rotatable bonds is 5. The van der Waals surface area contributed by atoms with Gasteiger partial charge in [-0.15, -0.1) is 0 Å². The Kier molecular flexibility index (Phi) is 4.77. The summed E-state index contributed by atoms with van der Waals surface area (Å²) in [6.45, 7) is 10.5. The minimum atomic E-state index is 0.0773. The van der Waals surface area contributed by atoms with Crippen molar-refractivity contribution in [1.29, 1.82) is 0 Å². The van der Waals surface area contributed by atoms with E-state index in [1.165, 1.54) is 0 Å². The SMILES string of the molecule is CC(C)C(=O)c1ccn(CCN2CCN(C)CC2)c1. The molecule has 1 aliphatic rings. The van der Waals surface area contributed by atoms with E-state index in [9.17, 15) is 4.79 Å². The molecule has 4 nitrogen and oxygen atoms in total. The molecule has 106 valence electrons. The second-order valence-electron chi connectivity index (χ2n) is 5.80. The van der Waals surface area contributed by atoms with Crippen molar-refractivity contribution in [3.8, 4) is 0 Å². The van der Waals surface area contributed by atoms with Crippen molar-refractivity contribution in [2.45, 2.75) is 20.4 Å². The number of aromatic nitrogens is 1. The standard InChI is InChI=1S/C15H25N3O/c1-13(2)15(19)14-4-5-18(12-14)11-10-17-8-6-16(3)7-9-17/h4-5,12-13H,6-11H2,1-3H3. The van der Waals surface area contributed by atoms with Gasteiger partial charge in [-0.1, -0.05) is 13.8 Å². The molecular weight excluding hydrogens is 238 g/mol. The minimum Gasteiger partial charge on any atom is -0.352 e. The van der Waals surface area contributed by atoms with Gasteiger partial charge in [0, 0.05) is 63.1 Å². The average Bonchev–Trinajstić information content (AvgIpc) is 2.86. The zero-order chi connectivity index (χ0) is 13.8. The van der Waals surface area contributed by atoms with Crippen LogP contribution >= 0.6 is 0 Å². The first-order chi connectivity index (χ1) is 9.06. The van der Waals surface area contributed by atoms with Crippen LogP contribution in [0.4, 0.5) is 0 Å². The van der Waals surface area contributed by atoms with Crippen LogP contribution in [-0.4, -0.2) is 59.9 Å². The van der Waals surface area contributed by atoms with Gasteiger partial charge < -0.3 is 9.47 Å². The van der Waals surface area contributed by atoms with Gasteiger partial charge in [0.15, 0.2) is 5.78 Å². The van der Waals surface area contributed by atoms with Gasteiger partial charge in [-0.2, -0.15) is 0 Å². The normalized spacial score (nSPS) is 18.1. The number of nitrogens with zero attached hydrogens (tertiary/aromatic N) is 3. The molecule has 0 amide bonds. The zero-order valence-electron chi connectivity index (χ0n) is 12.3. The molecule has 19 heavy (non-hydrogen) atoms. The van der Waals surface area contributed by atoms with Crippen LogP contribution in [0, 0.1) is 5.92 Å². The Morgan fingerprint density at radius 2 is 1.89 bits per heavy atom. The molecule has 2 rings (SSSR count). The van der Waals surface area contributed by atoms with Crippen molar-refractivity contribution in [3.63, 3.8) is 0 Å². The van der Waals surface area contributed by atoms with E-state index >= 15 is 0 Å². The van der Waals surface area contributed by atoms with Crippen molar-refractivity contribution in [1.82, 2.24) is 14.4 Å². The topological polar surface area (TPSA) is 28.5 Å². The summed E-state index contributed by atoms with van der Waals surface area (Å²) in [7, 11) is 2.17. The van der Waals surface area contributed by atoms with Gasteiger partial charge in [-0.05, 0) is 13.1 Å². The number of piperazine rings is 1. The van der Waals surface area contributed by atoms with Crippen LogP contribution in [0.25, 0.3) is 0 Å². The van der Waals surface area contributed by atoms with Crippen molar-refractivity contribution < 1.29 is 4.79 Å². The van der Waals surface area contributed by atoms with Crippen molar-refractivity contribution >= 4 is 5.78 Å². The highest BCUT2D eigenvalue weighted by Gasteiger charge is 2.14. The van der Waals surface area contributed by atoms with Crippen LogP contribution in [0.1, 0.15) is 24.2 Å². The number of carbonyl (C=O) groups excluding carboxylic acids is 1. The van der Waals surface area contributed by atoms with Crippen LogP contribution < -0.4 is 0 Å². The highest BCUT2D eigenvalue weighted by atomic mass is 16.1. The smallest absolute Gasteiger partial charge is 0.166 e. The Balaban J connectivity index is 1.82. The van der Waals surface area contributed by atoms with Gasteiger partial charge in [-0.25, -0.2) is 0 Å². The van der Waals surface area contributed by atoms with Crippen LogP contribution in [0.5, 0.6) is 0 Å².